The third-order valence-corrected chi connectivity index (χ3v) is 6.22. The molecule has 27 heavy (non-hydrogen) atoms. The van der Waals surface area contributed by atoms with E-state index in [1.165, 1.54) is 6.42 Å². The number of primary amides is 1. The fourth-order valence-electron chi connectivity index (χ4n) is 4.58. The zero-order chi connectivity index (χ0) is 19.6. The highest BCUT2D eigenvalue weighted by molar-refractivity contribution is 5.90. The van der Waals surface area contributed by atoms with Gasteiger partial charge < -0.3 is 10.6 Å². The minimum atomic E-state index is -0.602. The largest absolute Gasteiger partial charge is 0.368 e. The second kappa shape index (κ2) is 7.88. The molecule has 8 nitrogen and oxygen atoms in total. The summed E-state index contributed by atoms with van der Waals surface area (Å²) in [6, 6.07) is -0.135. The number of rotatable bonds is 4. The number of aryl methyl sites for hydroxylation is 2. The molecule has 150 valence electrons. The van der Waals surface area contributed by atoms with Crippen molar-refractivity contribution in [3.05, 3.63) is 11.3 Å². The van der Waals surface area contributed by atoms with Gasteiger partial charge in [0.05, 0.1) is 5.69 Å². The minimum absolute atomic E-state index is 0.135. The summed E-state index contributed by atoms with van der Waals surface area (Å²) in [4.78, 5) is 29.2. The summed E-state index contributed by atoms with van der Waals surface area (Å²) >= 11 is 0. The van der Waals surface area contributed by atoms with E-state index in [4.69, 9.17) is 5.73 Å². The average Bonchev–Trinajstić information content (AvgIpc) is 2.94. The predicted octanol–water partition coefficient (Wildman–Crippen LogP) is 1.63. The lowest BCUT2D eigenvalue weighted by Crippen LogP contribution is -2.64. The monoisotopic (exact) mass is 376 g/mol. The van der Waals surface area contributed by atoms with Crippen molar-refractivity contribution in [2.45, 2.75) is 57.9 Å². The maximum Gasteiger partial charge on any atom is 0.323 e. The maximum atomic E-state index is 12.8. The van der Waals surface area contributed by atoms with Gasteiger partial charge in [0.1, 0.15) is 11.4 Å². The van der Waals surface area contributed by atoms with Gasteiger partial charge in [-0.15, -0.1) is 0 Å². The number of carbonyl (C=O) groups excluding carboxylic acids is 2. The molecule has 0 aromatic carbocycles. The van der Waals surface area contributed by atoms with Crippen LogP contribution in [0.3, 0.4) is 0 Å². The van der Waals surface area contributed by atoms with Crippen LogP contribution in [0.4, 0.5) is 10.6 Å². The van der Waals surface area contributed by atoms with Crippen LogP contribution >= 0.6 is 0 Å². The Morgan fingerprint density at radius 1 is 1.15 bits per heavy atom. The summed E-state index contributed by atoms with van der Waals surface area (Å²) in [7, 11) is 1.84. The molecule has 3 N–H and O–H groups in total. The SMILES string of the molecule is CCc1c(C)nn(C)c1NC(=O)N1CCC(C(N)=O)(N2CCCCC2)CC1. The smallest absolute Gasteiger partial charge is 0.323 e. The number of anilines is 1. The van der Waals surface area contributed by atoms with Crippen LogP contribution in [0.1, 0.15) is 50.3 Å². The first-order valence-corrected chi connectivity index (χ1v) is 10.0. The van der Waals surface area contributed by atoms with Gasteiger partial charge in [-0.1, -0.05) is 13.3 Å². The number of aromatic nitrogens is 2. The van der Waals surface area contributed by atoms with Crippen LogP contribution in [-0.4, -0.2) is 63.2 Å². The van der Waals surface area contributed by atoms with Crippen LogP contribution < -0.4 is 11.1 Å². The molecule has 0 aliphatic carbocycles. The fraction of sp³-hybridized carbons (Fsp3) is 0.737. The second-order valence-electron chi connectivity index (χ2n) is 7.75. The lowest BCUT2D eigenvalue weighted by Gasteiger charge is -2.48. The van der Waals surface area contributed by atoms with E-state index >= 15 is 0 Å². The minimum Gasteiger partial charge on any atom is -0.368 e. The van der Waals surface area contributed by atoms with E-state index in [0.29, 0.717) is 25.9 Å². The number of urea groups is 1. The van der Waals surface area contributed by atoms with Gasteiger partial charge in [0.25, 0.3) is 0 Å². The summed E-state index contributed by atoms with van der Waals surface area (Å²) in [5.74, 6) is 0.503. The van der Waals surface area contributed by atoms with Crippen molar-refractivity contribution < 1.29 is 9.59 Å². The molecule has 3 rings (SSSR count). The van der Waals surface area contributed by atoms with Gasteiger partial charge in [-0.3, -0.25) is 19.7 Å². The second-order valence-corrected chi connectivity index (χ2v) is 7.75. The third-order valence-electron chi connectivity index (χ3n) is 6.22. The van der Waals surface area contributed by atoms with Crippen LogP contribution in [0.25, 0.3) is 0 Å². The molecule has 2 aliphatic heterocycles. The van der Waals surface area contributed by atoms with E-state index in [9.17, 15) is 9.59 Å². The predicted molar refractivity (Wildman–Crippen MR) is 104 cm³/mol. The fourth-order valence-corrected chi connectivity index (χ4v) is 4.58. The van der Waals surface area contributed by atoms with Gasteiger partial charge in [0.2, 0.25) is 5.91 Å². The molecule has 0 atom stereocenters. The summed E-state index contributed by atoms with van der Waals surface area (Å²) < 4.78 is 1.72. The van der Waals surface area contributed by atoms with Gasteiger partial charge >= 0.3 is 6.03 Å². The molecule has 3 amide bonds. The van der Waals surface area contributed by atoms with Crippen molar-refractivity contribution >= 4 is 17.8 Å². The molecule has 2 saturated heterocycles. The van der Waals surface area contributed by atoms with E-state index < -0.39 is 5.54 Å². The summed E-state index contributed by atoms with van der Waals surface area (Å²) in [5.41, 5.74) is 7.22. The van der Waals surface area contributed by atoms with Crippen LogP contribution in [-0.2, 0) is 18.3 Å². The first-order valence-electron chi connectivity index (χ1n) is 10.0. The third kappa shape index (κ3) is 3.67. The van der Waals surface area contributed by atoms with Gasteiger partial charge in [-0.25, -0.2) is 4.79 Å². The molecule has 0 saturated carbocycles. The Bertz CT molecular complexity index is 699. The molecule has 1 aromatic rings. The van der Waals surface area contributed by atoms with Gasteiger partial charge in [0, 0.05) is 25.7 Å². The molecular weight excluding hydrogens is 344 g/mol. The maximum absolute atomic E-state index is 12.8. The van der Waals surface area contributed by atoms with Crippen molar-refractivity contribution in [1.82, 2.24) is 19.6 Å². The molecule has 0 radical (unpaired) electrons. The van der Waals surface area contributed by atoms with E-state index in [1.807, 2.05) is 14.0 Å². The molecule has 1 aromatic heterocycles. The number of hydrogen-bond acceptors (Lipinski definition) is 4. The van der Waals surface area contributed by atoms with Crippen LogP contribution in [0.5, 0.6) is 0 Å². The number of hydrogen-bond donors (Lipinski definition) is 2. The normalized spacial score (nSPS) is 20.5. The Hall–Kier alpha value is -2.09. The quantitative estimate of drug-likeness (QED) is 0.835. The molecule has 8 heteroatoms. The Kier molecular flexibility index (Phi) is 5.74. The Morgan fingerprint density at radius 2 is 1.78 bits per heavy atom. The Balaban J connectivity index is 1.67. The highest BCUT2D eigenvalue weighted by Crippen LogP contribution is 2.32. The standard InChI is InChI=1S/C19H32N6O2/c1-4-15-14(2)22-23(3)16(15)21-18(27)24-12-8-19(9-13-24,17(20)26)25-10-6-5-7-11-25/h4-13H2,1-3H3,(H2,20,26)(H,21,27). The molecule has 0 spiro atoms. The zero-order valence-corrected chi connectivity index (χ0v) is 16.8. The molecule has 0 unspecified atom stereocenters. The highest BCUT2D eigenvalue weighted by Gasteiger charge is 2.45. The summed E-state index contributed by atoms with van der Waals surface area (Å²) in [5, 5.41) is 7.42. The average molecular weight is 377 g/mol. The van der Waals surface area contributed by atoms with Crippen molar-refractivity contribution in [3.63, 3.8) is 0 Å². The van der Waals surface area contributed by atoms with Crippen LogP contribution in [0.15, 0.2) is 0 Å². The van der Waals surface area contributed by atoms with E-state index in [-0.39, 0.29) is 11.9 Å². The van der Waals surface area contributed by atoms with Gasteiger partial charge in [-0.05, 0) is 52.1 Å². The number of piperidine rings is 2. The first-order chi connectivity index (χ1) is 12.9. The molecule has 0 bridgehead atoms. The van der Waals surface area contributed by atoms with E-state index in [1.54, 1.807) is 9.58 Å². The van der Waals surface area contributed by atoms with Gasteiger partial charge in [0.15, 0.2) is 0 Å². The van der Waals surface area contributed by atoms with Crippen LogP contribution in [0.2, 0.25) is 0 Å². The van der Waals surface area contributed by atoms with Gasteiger partial charge in [-0.2, -0.15) is 5.10 Å². The Morgan fingerprint density at radius 3 is 2.33 bits per heavy atom. The molecular formula is C19H32N6O2. The summed E-state index contributed by atoms with van der Waals surface area (Å²) in [6.07, 6.45) is 5.44. The summed E-state index contributed by atoms with van der Waals surface area (Å²) in [6.45, 7) is 6.91. The number of amides is 3. The lowest BCUT2D eigenvalue weighted by molar-refractivity contribution is -0.134. The number of nitrogens with zero attached hydrogens (tertiary/aromatic N) is 4. The molecule has 3 heterocycles. The van der Waals surface area contributed by atoms with Crippen molar-refractivity contribution in [2.24, 2.45) is 12.8 Å². The van der Waals surface area contributed by atoms with Crippen molar-refractivity contribution in [3.8, 4) is 0 Å². The number of likely N-dealkylation sites (tertiary alicyclic amines) is 2. The zero-order valence-electron chi connectivity index (χ0n) is 16.8. The molecule has 2 fully saturated rings. The van der Waals surface area contributed by atoms with E-state index in [0.717, 1.165) is 49.4 Å². The topological polar surface area (TPSA) is 96.5 Å². The van der Waals surface area contributed by atoms with E-state index in [2.05, 4.69) is 22.2 Å². The van der Waals surface area contributed by atoms with Crippen molar-refractivity contribution in [2.75, 3.05) is 31.5 Å². The highest BCUT2D eigenvalue weighted by atomic mass is 16.2. The Labute approximate surface area is 161 Å². The number of carbonyl (C=O) groups is 2. The first kappa shape index (κ1) is 19.7. The van der Waals surface area contributed by atoms with Crippen LogP contribution in [0, 0.1) is 6.92 Å². The number of nitrogens with one attached hydrogen (secondary N) is 1. The molecule has 2 aliphatic rings. The van der Waals surface area contributed by atoms with Crippen molar-refractivity contribution in [1.29, 1.82) is 0 Å². The number of nitrogens with two attached hydrogens (primary N) is 1. The lowest BCUT2D eigenvalue weighted by atomic mass is 9.83.